The lowest BCUT2D eigenvalue weighted by Crippen LogP contribution is -2.53. The molecule has 0 aliphatic carbocycles. The molecule has 0 fully saturated rings. The molecule has 8 heteroatoms. The fourth-order valence-corrected chi connectivity index (χ4v) is 4.91. The Morgan fingerprint density at radius 1 is 0.978 bits per heavy atom. The highest BCUT2D eigenvalue weighted by atomic mass is 16.5. The van der Waals surface area contributed by atoms with Gasteiger partial charge in [0.1, 0.15) is 18.4 Å². The number of ether oxygens (including phenoxy) is 1. The lowest BCUT2D eigenvalue weighted by Gasteiger charge is -2.24. The summed E-state index contributed by atoms with van der Waals surface area (Å²) in [5.74, 6) is 0.359. The summed E-state index contributed by atoms with van der Waals surface area (Å²) in [4.78, 5) is 27.0. The lowest BCUT2D eigenvalue weighted by atomic mass is 9.97. The van der Waals surface area contributed by atoms with Crippen LogP contribution < -0.4 is 21.3 Å². The second-order valence-electron chi connectivity index (χ2n) is 12.6. The van der Waals surface area contributed by atoms with E-state index < -0.39 is 6.04 Å². The Kier molecular flexibility index (Phi) is 22.2. The van der Waals surface area contributed by atoms with Crippen LogP contribution in [0.25, 0.3) is 0 Å². The monoisotopic (exact) mass is 640 g/mol. The third kappa shape index (κ3) is 18.0. The van der Waals surface area contributed by atoms with Crippen molar-refractivity contribution in [2.75, 3.05) is 46.9 Å². The van der Waals surface area contributed by atoms with E-state index >= 15 is 0 Å². The molecule has 0 saturated carbocycles. The predicted molar refractivity (Wildman–Crippen MR) is 196 cm³/mol. The molecule has 260 valence electrons. The number of nitrogens with one attached hydrogen (secondary N) is 4. The molecule has 8 nitrogen and oxygen atoms in total. The SMILES string of the molecule is C=C/C1=C(\C=C)OC[C@H](C)NCC(=C)NCC(=O)NC(CN(C)C)C(=O)NCC(C)C1.CCC.CCCc1c(C)cc(C)cc1C. The Morgan fingerprint density at radius 3 is 2.11 bits per heavy atom. The van der Waals surface area contributed by atoms with E-state index in [-0.39, 0.29) is 30.3 Å². The zero-order valence-electron chi connectivity index (χ0n) is 30.7. The van der Waals surface area contributed by atoms with E-state index in [1.54, 1.807) is 17.7 Å². The van der Waals surface area contributed by atoms with Crippen LogP contribution >= 0.6 is 0 Å². The Bertz CT molecular complexity index is 1120. The largest absolute Gasteiger partial charge is 0.492 e. The summed E-state index contributed by atoms with van der Waals surface area (Å²) in [6.45, 7) is 30.7. The van der Waals surface area contributed by atoms with Crippen molar-refractivity contribution in [3.05, 3.63) is 83.3 Å². The average Bonchev–Trinajstić information content (AvgIpc) is 2.98. The summed E-state index contributed by atoms with van der Waals surface area (Å²) >= 11 is 0. The summed E-state index contributed by atoms with van der Waals surface area (Å²) in [7, 11) is 3.72. The van der Waals surface area contributed by atoms with Crippen molar-refractivity contribution in [1.82, 2.24) is 26.2 Å². The molecule has 46 heavy (non-hydrogen) atoms. The average molecular weight is 640 g/mol. The summed E-state index contributed by atoms with van der Waals surface area (Å²) < 4.78 is 5.96. The van der Waals surface area contributed by atoms with Crippen LogP contribution in [0.5, 0.6) is 0 Å². The Balaban J connectivity index is 0.00000111. The van der Waals surface area contributed by atoms with E-state index in [4.69, 9.17) is 4.74 Å². The van der Waals surface area contributed by atoms with Crippen molar-refractivity contribution < 1.29 is 14.3 Å². The van der Waals surface area contributed by atoms with Crippen LogP contribution in [-0.4, -0.2) is 75.7 Å². The summed E-state index contributed by atoms with van der Waals surface area (Å²) in [5.41, 5.74) is 7.45. The molecule has 2 unspecified atom stereocenters. The van der Waals surface area contributed by atoms with Gasteiger partial charge in [-0.05, 0) is 88.9 Å². The molecule has 3 atom stereocenters. The number of aryl methyl sites for hydroxylation is 3. The van der Waals surface area contributed by atoms with Crippen molar-refractivity contribution in [2.45, 2.75) is 93.2 Å². The van der Waals surface area contributed by atoms with Gasteiger partial charge in [-0.25, -0.2) is 0 Å². The highest BCUT2D eigenvalue weighted by Gasteiger charge is 2.22. The van der Waals surface area contributed by atoms with Crippen LogP contribution in [-0.2, 0) is 20.7 Å². The molecule has 1 heterocycles. The van der Waals surface area contributed by atoms with E-state index in [9.17, 15) is 9.59 Å². The van der Waals surface area contributed by atoms with E-state index in [0.717, 1.165) is 5.57 Å². The molecule has 0 bridgehead atoms. The minimum Gasteiger partial charge on any atom is -0.492 e. The first-order valence-corrected chi connectivity index (χ1v) is 16.8. The van der Waals surface area contributed by atoms with Gasteiger partial charge in [0, 0.05) is 31.4 Å². The van der Waals surface area contributed by atoms with Crippen LogP contribution in [0.1, 0.15) is 76.1 Å². The molecule has 0 aromatic heterocycles. The molecule has 4 N–H and O–H groups in total. The molecule has 1 aliphatic rings. The van der Waals surface area contributed by atoms with Gasteiger partial charge in [-0.3, -0.25) is 9.59 Å². The third-order valence-corrected chi connectivity index (χ3v) is 7.13. The molecule has 2 amide bonds. The number of benzene rings is 1. The molecule has 0 saturated heterocycles. The second kappa shape index (κ2) is 23.9. The predicted octanol–water partition coefficient (Wildman–Crippen LogP) is 5.89. The van der Waals surface area contributed by atoms with Gasteiger partial charge in [-0.2, -0.15) is 0 Å². The number of likely N-dealkylation sites (N-methyl/N-ethyl adjacent to an activating group) is 1. The number of carbonyl (C=O) groups is 2. The summed E-state index contributed by atoms with van der Waals surface area (Å²) in [6, 6.07) is 3.97. The van der Waals surface area contributed by atoms with Gasteiger partial charge in [0.2, 0.25) is 11.8 Å². The standard InChI is InChI=1S/C23H39N5O3.C12H18.C3H8/c1-8-19-10-16(3)11-26-23(30)20(14-28(6)7)27-22(29)13-25-17(4)12-24-18(5)15-31-21(19)9-2;1-5-6-12-10(3)7-9(2)8-11(12)4;1-3-2/h8-9,16,18,20,24-25H,1-2,4,10-15H2,3,5-7H3,(H,26,30)(H,27,29);7-8H,5-6H2,1-4H3;3H2,1-2H3/b21-19-;;/t16?,18-,20?;;/m0../s1. The van der Waals surface area contributed by atoms with Gasteiger partial charge in [-0.15, -0.1) is 0 Å². The number of hydrogen-bond acceptors (Lipinski definition) is 6. The molecule has 2 rings (SSSR count). The third-order valence-electron chi connectivity index (χ3n) is 7.13. The first kappa shape index (κ1) is 42.6. The van der Waals surface area contributed by atoms with Gasteiger partial charge in [0.25, 0.3) is 0 Å². The molecule has 1 aliphatic heterocycles. The number of rotatable bonds is 6. The first-order valence-electron chi connectivity index (χ1n) is 16.8. The van der Waals surface area contributed by atoms with E-state index in [1.165, 1.54) is 36.0 Å². The maximum atomic E-state index is 12.7. The van der Waals surface area contributed by atoms with Crippen LogP contribution in [0.3, 0.4) is 0 Å². The maximum Gasteiger partial charge on any atom is 0.243 e. The van der Waals surface area contributed by atoms with Gasteiger partial charge in [0.05, 0.1) is 6.54 Å². The molecule has 0 radical (unpaired) electrons. The number of hydrogen-bond donors (Lipinski definition) is 4. The van der Waals surface area contributed by atoms with E-state index in [2.05, 4.69) is 94.7 Å². The molecular weight excluding hydrogens is 574 g/mol. The van der Waals surface area contributed by atoms with Gasteiger partial charge < -0.3 is 30.9 Å². The van der Waals surface area contributed by atoms with Crippen molar-refractivity contribution in [1.29, 1.82) is 0 Å². The fourth-order valence-electron chi connectivity index (χ4n) is 4.91. The number of nitrogens with zero attached hydrogens (tertiary/aromatic N) is 1. The highest BCUT2D eigenvalue weighted by Crippen LogP contribution is 2.19. The second-order valence-corrected chi connectivity index (χ2v) is 12.6. The normalized spacial score (nSPS) is 21.8. The first-order chi connectivity index (χ1) is 21.7. The van der Waals surface area contributed by atoms with E-state index in [1.807, 2.05) is 32.8 Å². The molecule has 1 aromatic carbocycles. The van der Waals surface area contributed by atoms with Crippen LogP contribution in [0, 0.1) is 26.7 Å². The lowest BCUT2D eigenvalue weighted by molar-refractivity contribution is -0.129. The van der Waals surface area contributed by atoms with Crippen molar-refractivity contribution in [3.63, 3.8) is 0 Å². The summed E-state index contributed by atoms with van der Waals surface area (Å²) in [6.07, 6.45) is 7.85. The Hall–Kier alpha value is -3.36. The maximum absolute atomic E-state index is 12.7. The van der Waals surface area contributed by atoms with Crippen LogP contribution in [0.15, 0.2) is 61.1 Å². The number of allylic oxidation sites excluding steroid dienone is 3. The van der Waals surface area contributed by atoms with Crippen LogP contribution in [0.4, 0.5) is 0 Å². The Labute approximate surface area is 281 Å². The van der Waals surface area contributed by atoms with Gasteiger partial charge in [0.15, 0.2) is 0 Å². The van der Waals surface area contributed by atoms with Crippen molar-refractivity contribution >= 4 is 11.8 Å². The minimum atomic E-state index is -0.650. The van der Waals surface area contributed by atoms with Gasteiger partial charge >= 0.3 is 0 Å². The molecule has 1 aromatic rings. The Morgan fingerprint density at radius 2 is 1.59 bits per heavy atom. The minimum absolute atomic E-state index is 0.0467. The zero-order valence-corrected chi connectivity index (χ0v) is 30.7. The zero-order chi connectivity index (χ0) is 35.2. The highest BCUT2D eigenvalue weighted by molar-refractivity contribution is 5.88. The van der Waals surface area contributed by atoms with Crippen molar-refractivity contribution in [2.24, 2.45) is 5.92 Å². The smallest absolute Gasteiger partial charge is 0.243 e. The quantitative estimate of drug-likeness (QED) is 0.310. The fraction of sp³-hybridized carbons (Fsp3) is 0.579. The van der Waals surface area contributed by atoms with E-state index in [0.29, 0.717) is 44.1 Å². The van der Waals surface area contributed by atoms with Crippen LogP contribution in [0.2, 0.25) is 0 Å². The molecular formula is C38H65N5O3. The molecule has 0 spiro atoms. The number of amides is 2. The van der Waals surface area contributed by atoms with Gasteiger partial charge in [-0.1, -0.05) is 84.0 Å². The topological polar surface area (TPSA) is 94.7 Å². The summed E-state index contributed by atoms with van der Waals surface area (Å²) in [5, 5.41) is 12.1. The van der Waals surface area contributed by atoms with Crippen molar-refractivity contribution in [3.8, 4) is 0 Å². The number of carbonyl (C=O) groups excluding carboxylic acids is 2.